The maximum atomic E-state index is 4.31. The Hall–Kier alpha value is -1.83. The Balaban J connectivity index is 2.01. The van der Waals surface area contributed by atoms with Gasteiger partial charge in [0.15, 0.2) is 0 Å². The fraction of sp³-hybridized carbons (Fsp3) is 0.389. The number of nitrogens with zero attached hydrogens (tertiary/aromatic N) is 1. The molecule has 0 aliphatic heterocycles. The van der Waals surface area contributed by atoms with E-state index in [9.17, 15) is 0 Å². The van der Waals surface area contributed by atoms with Gasteiger partial charge in [-0.3, -0.25) is 4.98 Å². The molecule has 2 heteroatoms. The highest BCUT2D eigenvalue weighted by molar-refractivity contribution is 5.43. The summed E-state index contributed by atoms with van der Waals surface area (Å²) in [6, 6.07) is 13.3. The zero-order valence-electron chi connectivity index (χ0n) is 12.9. The van der Waals surface area contributed by atoms with Crippen molar-refractivity contribution >= 4 is 5.69 Å². The monoisotopic (exact) mass is 268 g/mol. The normalized spacial score (nSPS) is 12.4. The lowest BCUT2D eigenvalue weighted by atomic mass is 10.00. The summed E-state index contributed by atoms with van der Waals surface area (Å²) in [6.45, 7) is 8.68. The van der Waals surface area contributed by atoms with Crippen molar-refractivity contribution in [3.63, 3.8) is 0 Å². The van der Waals surface area contributed by atoms with Crippen molar-refractivity contribution < 1.29 is 0 Å². The quantitative estimate of drug-likeness (QED) is 0.845. The van der Waals surface area contributed by atoms with E-state index in [0.717, 1.165) is 17.8 Å². The number of anilines is 1. The largest absolute Gasteiger partial charge is 0.377 e. The molecule has 0 amide bonds. The Morgan fingerprint density at radius 3 is 2.25 bits per heavy atom. The standard InChI is InChI=1S/C18H24N2/c1-13(2)11-16-6-8-17(9-7-16)15(4)20-18-10-5-14(3)19-12-18/h5-10,12-13,15,20H,11H2,1-4H3. The van der Waals surface area contributed by atoms with Gasteiger partial charge in [-0.15, -0.1) is 0 Å². The second kappa shape index (κ2) is 6.56. The van der Waals surface area contributed by atoms with Crippen LogP contribution in [0.3, 0.4) is 0 Å². The van der Waals surface area contributed by atoms with E-state index in [0.29, 0.717) is 5.92 Å². The topological polar surface area (TPSA) is 24.9 Å². The fourth-order valence-corrected chi connectivity index (χ4v) is 2.30. The van der Waals surface area contributed by atoms with Crippen LogP contribution in [0.1, 0.15) is 43.6 Å². The van der Waals surface area contributed by atoms with Gasteiger partial charge in [0.2, 0.25) is 0 Å². The Labute approximate surface area is 122 Å². The third kappa shape index (κ3) is 4.09. The van der Waals surface area contributed by atoms with Gasteiger partial charge in [-0.1, -0.05) is 38.1 Å². The molecule has 1 N–H and O–H groups in total. The summed E-state index contributed by atoms with van der Waals surface area (Å²) >= 11 is 0. The average Bonchev–Trinajstić information content (AvgIpc) is 2.41. The Bertz CT molecular complexity index is 526. The van der Waals surface area contributed by atoms with Crippen molar-refractivity contribution in [3.05, 3.63) is 59.4 Å². The molecule has 20 heavy (non-hydrogen) atoms. The second-order valence-electron chi connectivity index (χ2n) is 5.89. The molecule has 1 unspecified atom stereocenters. The first kappa shape index (κ1) is 14.6. The number of aryl methyl sites for hydroxylation is 1. The highest BCUT2D eigenvalue weighted by atomic mass is 14.9. The molecular formula is C18H24N2. The summed E-state index contributed by atoms with van der Waals surface area (Å²) < 4.78 is 0. The predicted molar refractivity (Wildman–Crippen MR) is 86.0 cm³/mol. The number of rotatable bonds is 5. The molecule has 1 aromatic heterocycles. The van der Waals surface area contributed by atoms with Gasteiger partial charge in [0.25, 0.3) is 0 Å². The molecule has 0 fully saturated rings. The van der Waals surface area contributed by atoms with Gasteiger partial charge in [-0.25, -0.2) is 0 Å². The lowest BCUT2D eigenvalue weighted by molar-refractivity contribution is 0.647. The second-order valence-corrected chi connectivity index (χ2v) is 5.89. The smallest absolute Gasteiger partial charge is 0.0531 e. The molecule has 0 radical (unpaired) electrons. The average molecular weight is 268 g/mol. The molecule has 1 aromatic carbocycles. The molecular weight excluding hydrogens is 244 g/mol. The van der Waals surface area contributed by atoms with E-state index in [4.69, 9.17) is 0 Å². The molecule has 106 valence electrons. The van der Waals surface area contributed by atoms with Gasteiger partial charge >= 0.3 is 0 Å². The minimum Gasteiger partial charge on any atom is -0.377 e. The van der Waals surface area contributed by atoms with Gasteiger partial charge in [0, 0.05) is 11.7 Å². The first-order valence-electron chi connectivity index (χ1n) is 7.32. The third-order valence-electron chi connectivity index (χ3n) is 3.42. The fourth-order valence-electron chi connectivity index (χ4n) is 2.30. The van der Waals surface area contributed by atoms with Crippen LogP contribution in [0.15, 0.2) is 42.6 Å². The van der Waals surface area contributed by atoms with E-state index in [-0.39, 0.29) is 6.04 Å². The minimum absolute atomic E-state index is 0.285. The molecule has 0 saturated heterocycles. The van der Waals surface area contributed by atoms with Crippen molar-refractivity contribution in [2.75, 3.05) is 5.32 Å². The molecule has 1 atom stereocenters. The Morgan fingerprint density at radius 1 is 1.00 bits per heavy atom. The lowest BCUT2D eigenvalue weighted by Gasteiger charge is -2.16. The van der Waals surface area contributed by atoms with Crippen LogP contribution in [0.25, 0.3) is 0 Å². The summed E-state index contributed by atoms with van der Waals surface area (Å²) in [6.07, 6.45) is 3.03. The lowest BCUT2D eigenvalue weighted by Crippen LogP contribution is -2.07. The zero-order chi connectivity index (χ0) is 14.5. The van der Waals surface area contributed by atoms with Gasteiger partial charge in [0.05, 0.1) is 11.9 Å². The minimum atomic E-state index is 0.285. The van der Waals surface area contributed by atoms with E-state index in [1.807, 2.05) is 19.2 Å². The highest BCUT2D eigenvalue weighted by Crippen LogP contribution is 2.20. The Morgan fingerprint density at radius 2 is 1.70 bits per heavy atom. The molecule has 2 nitrogen and oxygen atoms in total. The Kier molecular flexibility index (Phi) is 4.78. The van der Waals surface area contributed by atoms with Gasteiger partial charge < -0.3 is 5.32 Å². The molecule has 0 saturated carbocycles. The van der Waals surface area contributed by atoms with E-state index in [1.54, 1.807) is 0 Å². The summed E-state index contributed by atoms with van der Waals surface area (Å²) in [7, 11) is 0. The molecule has 2 rings (SSSR count). The van der Waals surface area contributed by atoms with E-state index >= 15 is 0 Å². The summed E-state index contributed by atoms with van der Waals surface area (Å²) in [4.78, 5) is 4.31. The number of hydrogen-bond acceptors (Lipinski definition) is 2. The summed E-state index contributed by atoms with van der Waals surface area (Å²) in [5.74, 6) is 0.704. The van der Waals surface area contributed by atoms with Crippen molar-refractivity contribution in [1.82, 2.24) is 4.98 Å². The van der Waals surface area contributed by atoms with Crippen LogP contribution in [0.4, 0.5) is 5.69 Å². The van der Waals surface area contributed by atoms with Gasteiger partial charge in [-0.05, 0) is 49.4 Å². The van der Waals surface area contributed by atoms with Crippen LogP contribution in [-0.2, 0) is 6.42 Å². The van der Waals surface area contributed by atoms with Crippen LogP contribution in [0, 0.1) is 12.8 Å². The van der Waals surface area contributed by atoms with Crippen LogP contribution < -0.4 is 5.32 Å². The number of hydrogen-bond donors (Lipinski definition) is 1. The highest BCUT2D eigenvalue weighted by Gasteiger charge is 2.06. The number of benzene rings is 1. The zero-order valence-corrected chi connectivity index (χ0v) is 12.9. The maximum absolute atomic E-state index is 4.31. The van der Waals surface area contributed by atoms with E-state index in [2.05, 4.69) is 61.4 Å². The summed E-state index contributed by atoms with van der Waals surface area (Å²) in [5.41, 5.74) is 4.82. The van der Waals surface area contributed by atoms with E-state index < -0.39 is 0 Å². The van der Waals surface area contributed by atoms with Crippen LogP contribution in [0.5, 0.6) is 0 Å². The van der Waals surface area contributed by atoms with Gasteiger partial charge in [-0.2, -0.15) is 0 Å². The molecule has 0 bridgehead atoms. The van der Waals surface area contributed by atoms with Crippen molar-refractivity contribution in [2.24, 2.45) is 5.92 Å². The molecule has 0 spiro atoms. The SMILES string of the molecule is Cc1ccc(NC(C)c2ccc(CC(C)C)cc2)cn1. The van der Waals surface area contributed by atoms with Crippen LogP contribution in [-0.4, -0.2) is 4.98 Å². The first-order chi connectivity index (χ1) is 9.54. The predicted octanol–water partition coefficient (Wildman–Crippen LogP) is 4.76. The maximum Gasteiger partial charge on any atom is 0.0531 e. The van der Waals surface area contributed by atoms with Crippen molar-refractivity contribution in [3.8, 4) is 0 Å². The van der Waals surface area contributed by atoms with Gasteiger partial charge in [0.1, 0.15) is 0 Å². The number of nitrogens with one attached hydrogen (secondary N) is 1. The van der Waals surface area contributed by atoms with Crippen LogP contribution in [0.2, 0.25) is 0 Å². The van der Waals surface area contributed by atoms with Crippen molar-refractivity contribution in [1.29, 1.82) is 0 Å². The third-order valence-corrected chi connectivity index (χ3v) is 3.42. The first-order valence-corrected chi connectivity index (χ1v) is 7.32. The van der Waals surface area contributed by atoms with Crippen LogP contribution >= 0.6 is 0 Å². The molecule has 0 aliphatic carbocycles. The molecule has 1 heterocycles. The van der Waals surface area contributed by atoms with Crippen molar-refractivity contribution in [2.45, 2.75) is 40.2 Å². The van der Waals surface area contributed by atoms with E-state index in [1.165, 1.54) is 11.1 Å². The number of aromatic nitrogens is 1. The molecule has 2 aromatic rings. The molecule has 0 aliphatic rings. The summed E-state index contributed by atoms with van der Waals surface area (Å²) in [5, 5.41) is 3.48. The number of pyridine rings is 1.